The average Bonchev–Trinajstić information content (AvgIpc) is 3.20. The van der Waals surface area contributed by atoms with Crippen molar-refractivity contribution in [2.45, 2.75) is 4.90 Å². The van der Waals surface area contributed by atoms with Crippen LogP contribution in [0.25, 0.3) is 27.7 Å². The van der Waals surface area contributed by atoms with Gasteiger partial charge in [0.15, 0.2) is 0 Å². The number of nitrogens with one attached hydrogen (secondary N) is 1. The van der Waals surface area contributed by atoms with E-state index in [0.717, 1.165) is 27.8 Å². The van der Waals surface area contributed by atoms with Crippen molar-refractivity contribution >= 4 is 46.8 Å². The molecule has 0 radical (unpaired) electrons. The Balaban J connectivity index is 0.000000320. The number of rotatable bonds is 3. The number of aromatic hydroxyl groups is 1. The van der Waals surface area contributed by atoms with Crippen LogP contribution in [0.4, 0.5) is 0 Å². The Labute approximate surface area is 171 Å². The van der Waals surface area contributed by atoms with Crippen LogP contribution >= 0.6 is 24.0 Å². The molecule has 4 N–H and O–H groups in total. The highest BCUT2D eigenvalue weighted by molar-refractivity contribution is 7.80. The van der Waals surface area contributed by atoms with Gasteiger partial charge in [0, 0.05) is 40.0 Å². The number of nitrogens with zero attached hydrogens (tertiary/aromatic N) is 3. The summed E-state index contributed by atoms with van der Waals surface area (Å²) in [5, 5.41) is 20.9. The summed E-state index contributed by atoms with van der Waals surface area (Å²) in [6.45, 7) is 0. The maximum absolute atomic E-state index is 9.53. The first-order valence-electron chi connectivity index (χ1n) is 8.16. The number of thiophene rings is 1. The number of allylic oxidation sites excluding steroid dienone is 1. The number of pyridine rings is 1. The number of aromatic nitrogens is 3. The summed E-state index contributed by atoms with van der Waals surface area (Å²) in [7, 11) is 0. The molecule has 4 rings (SSSR count). The molecule has 0 bridgehead atoms. The van der Waals surface area contributed by atoms with Crippen molar-refractivity contribution < 1.29 is 5.11 Å². The molecule has 3 heterocycles. The Morgan fingerprint density at radius 2 is 1.96 bits per heavy atom. The van der Waals surface area contributed by atoms with Gasteiger partial charge in [-0.15, -0.1) is 12.6 Å². The molecule has 0 fully saturated rings. The standard InChI is InChI=1S/C16H13N5O.C4H4S2/c17-5-12(6-18)16-9-20-14-2-1-10(4-15(14)21-16)11-3-13(22)8-19-7-11;5-4-1-2-6-3-4/h1-9,17,22H,18H2;1-3,5H/b12-6+,17-5?;. The third kappa shape index (κ3) is 4.73. The van der Waals surface area contributed by atoms with E-state index in [1.54, 1.807) is 29.8 Å². The van der Waals surface area contributed by atoms with Crippen molar-refractivity contribution in [3.05, 3.63) is 71.6 Å². The molecule has 0 saturated carbocycles. The molecule has 0 aliphatic rings. The monoisotopic (exact) mass is 407 g/mol. The second-order valence-electron chi connectivity index (χ2n) is 5.64. The van der Waals surface area contributed by atoms with Crippen molar-refractivity contribution in [3.63, 3.8) is 0 Å². The second kappa shape index (κ2) is 9.12. The molecule has 1 aromatic carbocycles. The highest BCUT2D eigenvalue weighted by Crippen LogP contribution is 2.25. The Morgan fingerprint density at radius 3 is 2.57 bits per heavy atom. The van der Waals surface area contributed by atoms with Crippen LogP contribution in [0.1, 0.15) is 5.69 Å². The largest absolute Gasteiger partial charge is 0.506 e. The van der Waals surface area contributed by atoms with Gasteiger partial charge in [-0.3, -0.25) is 9.97 Å². The van der Waals surface area contributed by atoms with Crippen molar-refractivity contribution in [2.24, 2.45) is 5.73 Å². The normalized spacial score (nSPS) is 11.0. The van der Waals surface area contributed by atoms with Crippen LogP contribution in [0.5, 0.6) is 5.75 Å². The predicted octanol–water partition coefficient (Wildman–Crippen LogP) is 4.38. The van der Waals surface area contributed by atoms with E-state index in [4.69, 9.17) is 11.1 Å². The molecule has 0 saturated heterocycles. The van der Waals surface area contributed by atoms with Crippen LogP contribution in [0, 0.1) is 5.41 Å². The van der Waals surface area contributed by atoms with Crippen LogP contribution in [0.3, 0.4) is 0 Å². The summed E-state index contributed by atoms with van der Waals surface area (Å²) in [5.41, 5.74) is 9.59. The number of thiol groups is 1. The van der Waals surface area contributed by atoms with E-state index in [-0.39, 0.29) is 5.75 Å². The summed E-state index contributed by atoms with van der Waals surface area (Å²) in [5.74, 6) is 0.106. The van der Waals surface area contributed by atoms with Crippen LogP contribution in [0.15, 0.2) is 70.8 Å². The summed E-state index contributed by atoms with van der Waals surface area (Å²) < 4.78 is 0. The fourth-order valence-electron chi connectivity index (χ4n) is 2.38. The molecule has 8 heteroatoms. The minimum atomic E-state index is 0.106. The van der Waals surface area contributed by atoms with Crippen LogP contribution in [0.2, 0.25) is 0 Å². The van der Waals surface area contributed by atoms with Gasteiger partial charge in [-0.05, 0) is 35.2 Å². The van der Waals surface area contributed by atoms with Crippen molar-refractivity contribution in [3.8, 4) is 16.9 Å². The van der Waals surface area contributed by atoms with Crippen molar-refractivity contribution in [1.29, 1.82) is 5.41 Å². The van der Waals surface area contributed by atoms with Crippen molar-refractivity contribution in [1.82, 2.24) is 15.0 Å². The molecule has 4 aromatic rings. The van der Waals surface area contributed by atoms with Gasteiger partial charge in [0.2, 0.25) is 0 Å². The van der Waals surface area contributed by atoms with Gasteiger partial charge in [-0.1, -0.05) is 6.07 Å². The van der Waals surface area contributed by atoms with E-state index in [1.165, 1.54) is 12.4 Å². The Kier molecular flexibility index (Phi) is 6.36. The van der Waals surface area contributed by atoms with E-state index < -0.39 is 0 Å². The Bertz CT molecular complexity index is 1130. The van der Waals surface area contributed by atoms with Crippen LogP contribution in [-0.2, 0) is 0 Å². The molecule has 140 valence electrons. The number of nitrogens with two attached hydrogens (primary N) is 1. The van der Waals surface area contributed by atoms with Gasteiger partial charge in [-0.2, -0.15) is 11.3 Å². The molecule has 0 amide bonds. The van der Waals surface area contributed by atoms with Gasteiger partial charge in [0.25, 0.3) is 0 Å². The average molecular weight is 408 g/mol. The molecule has 28 heavy (non-hydrogen) atoms. The van der Waals surface area contributed by atoms with E-state index in [2.05, 4.69) is 27.6 Å². The van der Waals surface area contributed by atoms with Gasteiger partial charge >= 0.3 is 0 Å². The minimum Gasteiger partial charge on any atom is -0.506 e. The predicted molar refractivity (Wildman–Crippen MR) is 117 cm³/mol. The topological polar surface area (TPSA) is 109 Å². The Morgan fingerprint density at radius 1 is 1.11 bits per heavy atom. The summed E-state index contributed by atoms with van der Waals surface area (Å²) in [6.07, 6.45) is 7.10. The zero-order chi connectivity index (χ0) is 19.9. The first-order chi connectivity index (χ1) is 13.6. The molecule has 0 aliphatic heterocycles. The van der Waals surface area contributed by atoms with Gasteiger partial charge < -0.3 is 16.2 Å². The minimum absolute atomic E-state index is 0.106. The number of fused-ring (bicyclic) bond motifs is 1. The highest BCUT2D eigenvalue weighted by atomic mass is 32.1. The van der Waals surface area contributed by atoms with E-state index in [9.17, 15) is 5.11 Å². The molecule has 0 atom stereocenters. The molecular weight excluding hydrogens is 390 g/mol. The van der Waals surface area contributed by atoms with E-state index in [1.807, 2.05) is 35.0 Å². The van der Waals surface area contributed by atoms with Gasteiger partial charge in [0.1, 0.15) is 5.75 Å². The SMILES string of the molecule is N=C/C(=C\N)c1cnc2ccc(-c3cncc(O)c3)cc2n1.Sc1ccsc1. The molecular formula is C20H17N5OS2. The lowest BCUT2D eigenvalue weighted by molar-refractivity contribution is 0.473. The third-order valence-corrected chi connectivity index (χ3v) is 4.87. The first-order valence-corrected chi connectivity index (χ1v) is 9.55. The van der Waals surface area contributed by atoms with Crippen molar-refractivity contribution in [2.75, 3.05) is 0 Å². The lowest BCUT2D eigenvalue weighted by Crippen LogP contribution is -1.96. The summed E-state index contributed by atoms with van der Waals surface area (Å²) >= 11 is 5.71. The number of hydrogen-bond acceptors (Lipinski definition) is 8. The quantitative estimate of drug-likeness (QED) is 0.298. The summed E-state index contributed by atoms with van der Waals surface area (Å²) in [6, 6.07) is 9.20. The van der Waals surface area contributed by atoms with Crippen LogP contribution in [-0.4, -0.2) is 26.3 Å². The molecule has 0 unspecified atom stereocenters. The molecule has 3 aromatic heterocycles. The fourth-order valence-corrected chi connectivity index (χ4v) is 3.26. The zero-order valence-electron chi connectivity index (χ0n) is 14.6. The highest BCUT2D eigenvalue weighted by Gasteiger charge is 2.06. The molecule has 0 aliphatic carbocycles. The maximum atomic E-state index is 9.53. The molecule has 6 nitrogen and oxygen atoms in total. The zero-order valence-corrected chi connectivity index (χ0v) is 16.4. The third-order valence-electron chi connectivity index (χ3n) is 3.74. The lowest BCUT2D eigenvalue weighted by Gasteiger charge is -2.05. The lowest BCUT2D eigenvalue weighted by atomic mass is 10.1. The second-order valence-corrected chi connectivity index (χ2v) is 6.93. The smallest absolute Gasteiger partial charge is 0.134 e. The maximum Gasteiger partial charge on any atom is 0.134 e. The van der Waals surface area contributed by atoms with Crippen LogP contribution < -0.4 is 5.73 Å². The summed E-state index contributed by atoms with van der Waals surface area (Å²) in [4.78, 5) is 13.8. The van der Waals surface area contributed by atoms with E-state index in [0.29, 0.717) is 16.8 Å². The fraction of sp³-hybridized carbons (Fsp3) is 0. The van der Waals surface area contributed by atoms with Gasteiger partial charge in [-0.25, -0.2) is 4.98 Å². The number of hydrogen-bond donors (Lipinski definition) is 4. The Hall–Kier alpha value is -3.23. The molecule has 0 spiro atoms. The van der Waals surface area contributed by atoms with Gasteiger partial charge in [0.05, 0.1) is 29.1 Å². The number of benzene rings is 1. The first kappa shape index (κ1) is 19.5. The van der Waals surface area contributed by atoms with E-state index >= 15 is 0 Å².